The highest BCUT2D eigenvalue weighted by molar-refractivity contribution is 8.00. The Morgan fingerprint density at radius 3 is 2.93 bits per heavy atom. The summed E-state index contributed by atoms with van der Waals surface area (Å²) < 4.78 is 0. The van der Waals surface area contributed by atoms with E-state index in [0.717, 1.165) is 23.3 Å². The highest BCUT2D eigenvalue weighted by Crippen LogP contribution is 2.39. The molecule has 1 saturated heterocycles. The van der Waals surface area contributed by atoms with Crippen molar-refractivity contribution in [2.24, 2.45) is 17.8 Å². The van der Waals surface area contributed by atoms with E-state index in [4.69, 9.17) is 0 Å². The lowest BCUT2D eigenvalue weighted by atomic mass is 9.74. The van der Waals surface area contributed by atoms with Gasteiger partial charge in [0.2, 0.25) is 0 Å². The molecule has 0 amide bonds. The minimum absolute atomic E-state index is 0.425. The maximum Gasteiger partial charge on any atom is 0.146 e. The molecule has 0 aromatic carbocycles. The van der Waals surface area contributed by atoms with Crippen LogP contribution in [0, 0.1) is 17.8 Å². The molecule has 2 aliphatic rings. The molecule has 1 aliphatic heterocycles. The van der Waals surface area contributed by atoms with Crippen molar-refractivity contribution in [3.63, 3.8) is 0 Å². The van der Waals surface area contributed by atoms with Gasteiger partial charge in [-0.3, -0.25) is 4.79 Å². The Kier molecular flexibility index (Phi) is 3.53. The van der Waals surface area contributed by atoms with Gasteiger partial charge >= 0.3 is 0 Å². The summed E-state index contributed by atoms with van der Waals surface area (Å²) >= 11 is 1.84. The highest BCUT2D eigenvalue weighted by Gasteiger charge is 2.34. The first kappa shape index (κ1) is 10.5. The first-order valence-electron chi connectivity index (χ1n) is 5.91. The molecule has 0 N–H and O–H groups in total. The van der Waals surface area contributed by atoms with Crippen molar-refractivity contribution in [2.45, 2.75) is 39.0 Å². The average Bonchev–Trinajstić information content (AvgIpc) is 2.65. The molecule has 1 saturated carbocycles. The smallest absolute Gasteiger partial charge is 0.146 e. The third kappa shape index (κ3) is 2.16. The molecular formula is C12H20OS. The van der Waals surface area contributed by atoms with Crippen molar-refractivity contribution in [3.8, 4) is 0 Å². The molecule has 0 bridgehead atoms. The van der Waals surface area contributed by atoms with Crippen LogP contribution in [0.5, 0.6) is 0 Å². The van der Waals surface area contributed by atoms with E-state index < -0.39 is 0 Å². The second-order valence-electron chi connectivity index (χ2n) is 4.79. The van der Waals surface area contributed by atoms with Crippen LogP contribution in [0.2, 0.25) is 0 Å². The monoisotopic (exact) mass is 212 g/mol. The van der Waals surface area contributed by atoms with Crippen molar-refractivity contribution in [1.29, 1.82) is 0 Å². The molecule has 0 spiro atoms. The Hall–Kier alpha value is 0.0200. The maximum absolute atomic E-state index is 11.6. The molecule has 80 valence electrons. The van der Waals surface area contributed by atoms with Crippen LogP contribution >= 0.6 is 11.8 Å². The van der Waals surface area contributed by atoms with Gasteiger partial charge in [-0.05, 0) is 24.7 Å². The Labute approximate surface area is 91.0 Å². The summed E-state index contributed by atoms with van der Waals surface area (Å²) in [7, 11) is 0. The van der Waals surface area contributed by atoms with Gasteiger partial charge in [0.1, 0.15) is 5.78 Å². The molecule has 0 aromatic heterocycles. The lowest BCUT2D eigenvalue weighted by Crippen LogP contribution is -2.27. The van der Waals surface area contributed by atoms with E-state index in [-0.39, 0.29) is 0 Å². The van der Waals surface area contributed by atoms with Gasteiger partial charge in [0, 0.05) is 11.7 Å². The zero-order valence-electron chi connectivity index (χ0n) is 9.00. The topological polar surface area (TPSA) is 17.1 Å². The zero-order valence-corrected chi connectivity index (χ0v) is 9.81. The number of Topliss-reactive ketones (excluding diaryl/α,β-unsaturated/α-hetero) is 1. The van der Waals surface area contributed by atoms with Crippen molar-refractivity contribution in [3.05, 3.63) is 0 Å². The Morgan fingerprint density at radius 2 is 2.29 bits per heavy atom. The standard InChI is InChI=1S/C12H20OS/c1-2-9-4-3-5-10(6-9)11-7-14-8-12(11)13/h9-11H,2-8H2,1H3. The van der Waals surface area contributed by atoms with E-state index in [0.29, 0.717) is 11.7 Å². The minimum Gasteiger partial charge on any atom is -0.298 e. The summed E-state index contributed by atoms with van der Waals surface area (Å²) in [5.41, 5.74) is 0. The molecule has 2 fully saturated rings. The Morgan fingerprint density at radius 1 is 1.43 bits per heavy atom. The second kappa shape index (κ2) is 4.69. The summed E-state index contributed by atoms with van der Waals surface area (Å²) in [6.07, 6.45) is 6.71. The molecule has 0 radical (unpaired) electrons. The first-order valence-corrected chi connectivity index (χ1v) is 7.07. The number of carbonyl (C=O) groups excluding carboxylic acids is 1. The molecule has 2 rings (SSSR count). The Balaban J connectivity index is 1.93. The molecule has 2 heteroatoms. The van der Waals surface area contributed by atoms with Gasteiger partial charge in [-0.15, -0.1) is 0 Å². The number of carbonyl (C=O) groups is 1. The van der Waals surface area contributed by atoms with E-state index in [1.165, 1.54) is 32.1 Å². The van der Waals surface area contributed by atoms with Crippen LogP contribution in [0.4, 0.5) is 0 Å². The van der Waals surface area contributed by atoms with E-state index in [1.807, 2.05) is 11.8 Å². The third-order valence-corrected chi connectivity index (χ3v) is 5.01. The fourth-order valence-corrected chi connectivity index (χ4v) is 4.20. The van der Waals surface area contributed by atoms with Crippen LogP contribution in [0.25, 0.3) is 0 Å². The summed E-state index contributed by atoms with van der Waals surface area (Å²) in [5.74, 6) is 4.51. The van der Waals surface area contributed by atoms with Crippen LogP contribution in [0.1, 0.15) is 39.0 Å². The van der Waals surface area contributed by atoms with E-state index >= 15 is 0 Å². The van der Waals surface area contributed by atoms with Gasteiger partial charge in [0.25, 0.3) is 0 Å². The van der Waals surface area contributed by atoms with Crippen molar-refractivity contribution < 1.29 is 4.79 Å². The first-order chi connectivity index (χ1) is 6.81. The molecular weight excluding hydrogens is 192 g/mol. The molecule has 3 unspecified atom stereocenters. The van der Waals surface area contributed by atoms with Gasteiger partial charge in [-0.1, -0.05) is 26.2 Å². The van der Waals surface area contributed by atoms with Gasteiger partial charge in [0.05, 0.1) is 5.75 Å². The fourth-order valence-electron chi connectivity index (χ4n) is 2.95. The molecule has 1 nitrogen and oxygen atoms in total. The normalized spacial score (nSPS) is 38.9. The van der Waals surface area contributed by atoms with Crippen LogP contribution in [-0.4, -0.2) is 17.3 Å². The number of hydrogen-bond acceptors (Lipinski definition) is 2. The van der Waals surface area contributed by atoms with Gasteiger partial charge in [-0.2, -0.15) is 11.8 Å². The molecule has 3 atom stereocenters. The lowest BCUT2D eigenvalue weighted by molar-refractivity contribution is -0.121. The predicted molar refractivity (Wildman–Crippen MR) is 61.6 cm³/mol. The van der Waals surface area contributed by atoms with Crippen LogP contribution < -0.4 is 0 Å². The van der Waals surface area contributed by atoms with Crippen LogP contribution in [-0.2, 0) is 4.79 Å². The van der Waals surface area contributed by atoms with Gasteiger partial charge in [0.15, 0.2) is 0 Å². The van der Waals surface area contributed by atoms with Crippen molar-refractivity contribution in [2.75, 3.05) is 11.5 Å². The van der Waals surface area contributed by atoms with Gasteiger partial charge in [-0.25, -0.2) is 0 Å². The minimum atomic E-state index is 0.425. The van der Waals surface area contributed by atoms with Gasteiger partial charge < -0.3 is 0 Å². The molecule has 1 heterocycles. The number of ketones is 1. The molecule has 0 aromatic rings. The fraction of sp³-hybridized carbons (Fsp3) is 0.917. The maximum atomic E-state index is 11.6. The average molecular weight is 212 g/mol. The van der Waals surface area contributed by atoms with Crippen LogP contribution in [0.3, 0.4) is 0 Å². The zero-order chi connectivity index (χ0) is 9.97. The largest absolute Gasteiger partial charge is 0.298 e. The van der Waals surface area contributed by atoms with Crippen LogP contribution in [0.15, 0.2) is 0 Å². The third-order valence-electron chi connectivity index (χ3n) is 3.93. The molecule has 14 heavy (non-hydrogen) atoms. The Bertz CT molecular complexity index is 214. The lowest BCUT2D eigenvalue weighted by Gasteiger charge is -2.31. The van der Waals surface area contributed by atoms with E-state index in [9.17, 15) is 4.79 Å². The summed E-state index contributed by atoms with van der Waals surface area (Å²) in [5, 5.41) is 0. The van der Waals surface area contributed by atoms with E-state index in [1.54, 1.807) is 0 Å². The predicted octanol–water partition coefficient (Wildman–Crippen LogP) is 3.13. The van der Waals surface area contributed by atoms with Crippen molar-refractivity contribution >= 4 is 17.5 Å². The SMILES string of the molecule is CCC1CCCC(C2CSCC2=O)C1. The number of rotatable bonds is 2. The second-order valence-corrected chi connectivity index (χ2v) is 5.82. The molecule has 1 aliphatic carbocycles. The number of thioether (sulfide) groups is 1. The summed E-state index contributed by atoms with van der Waals surface area (Å²) in [6, 6.07) is 0. The van der Waals surface area contributed by atoms with Crippen molar-refractivity contribution in [1.82, 2.24) is 0 Å². The van der Waals surface area contributed by atoms with E-state index in [2.05, 4.69) is 6.92 Å². The summed E-state index contributed by atoms with van der Waals surface area (Å²) in [4.78, 5) is 11.6. The quantitative estimate of drug-likeness (QED) is 0.699. The summed E-state index contributed by atoms with van der Waals surface area (Å²) in [6.45, 7) is 2.29. The number of hydrogen-bond donors (Lipinski definition) is 0. The highest BCUT2D eigenvalue weighted by atomic mass is 32.2.